The van der Waals surface area contributed by atoms with Crippen molar-refractivity contribution in [1.82, 2.24) is 4.98 Å². The molecule has 0 saturated carbocycles. The molecule has 0 atom stereocenters. The van der Waals surface area contributed by atoms with Crippen molar-refractivity contribution in [1.29, 1.82) is 0 Å². The Morgan fingerprint density at radius 3 is 2.42 bits per heavy atom. The number of rotatable bonds is 3. The summed E-state index contributed by atoms with van der Waals surface area (Å²) in [6, 6.07) is 10.6. The summed E-state index contributed by atoms with van der Waals surface area (Å²) in [6.45, 7) is 0. The molecule has 1 heterocycles. The molecule has 0 spiro atoms. The lowest BCUT2D eigenvalue weighted by Gasteiger charge is -2.12. The Morgan fingerprint density at radius 1 is 1.21 bits per heavy atom. The molecule has 0 fully saturated rings. The summed E-state index contributed by atoms with van der Waals surface area (Å²) in [5.41, 5.74) is 1.28. The smallest absolute Gasteiger partial charge is 0.432 e. The first-order chi connectivity index (χ1) is 9.16. The average molecular weight is 367 g/mol. The van der Waals surface area contributed by atoms with E-state index >= 15 is 0 Å². The number of hydrogen-bond donors (Lipinski definition) is 1. The number of nitrogens with zero attached hydrogens (tertiary/aromatic N) is 3. The summed E-state index contributed by atoms with van der Waals surface area (Å²) in [6.07, 6.45) is 3.59. The molecule has 96 valence electrons. The quantitative estimate of drug-likeness (QED) is 0.515. The molecule has 0 aliphatic rings. The molecule has 2 aromatic rings. The number of hydrogen-bond acceptors (Lipinski definition) is 3. The molecule has 5 nitrogen and oxygen atoms in total. The Morgan fingerprint density at radius 2 is 1.84 bits per heavy atom. The van der Waals surface area contributed by atoms with E-state index in [1.165, 1.54) is 6.21 Å². The molecule has 1 N–H and O–H groups in total. The van der Waals surface area contributed by atoms with E-state index in [1.54, 1.807) is 36.7 Å². The zero-order chi connectivity index (χ0) is 13.7. The zero-order valence-electron chi connectivity index (χ0n) is 9.77. The Hall–Kier alpha value is -1.96. The van der Waals surface area contributed by atoms with E-state index in [0.717, 1.165) is 14.1 Å². The number of anilines is 1. The third-order valence-electron chi connectivity index (χ3n) is 2.28. The lowest BCUT2D eigenvalue weighted by atomic mass is 10.3. The van der Waals surface area contributed by atoms with Gasteiger partial charge in [0.15, 0.2) is 0 Å². The highest BCUT2D eigenvalue weighted by atomic mass is 127. The van der Waals surface area contributed by atoms with Gasteiger partial charge in [0, 0.05) is 16.0 Å². The summed E-state index contributed by atoms with van der Waals surface area (Å²) < 4.78 is 1.03. The van der Waals surface area contributed by atoms with Gasteiger partial charge in [-0.1, -0.05) is 0 Å². The molecule has 0 saturated heterocycles. The van der Waals surface area contributed by atoms with E-state index in [1.807, 2.05) is 12.1 Å². The molecule has 1 amide bonds. The second kappa shape index (κ2) is 6.28. The highest BCUT2D eigenvalue weighted by molar-refractivity contribution is 14.1. The van der Waals surface area contributed by atoms with Crippen molar-refractivity contribution in [2.24, 2.45) is 5.10 Å². The van der Waals surface area contributed by atoms with Gasteiger partial charge in [0.25, 0.3) is 0 Å². The lowest BCUT2D eigenvalue weighted by molar-refractivity contribution is 0.202. The monoisotopic (exact) mass is 367 g/mol. The van der Waals surface area contributed by atoms with Crippen LogP contribution < -0.4 is 5.01 Å². The predicted molar refractivity (Wildman–Crippen MR) is 81.5 cm³/mol. The summed E-state index contributed by atoms with van der Waals surface area (Å²) in [4.78, 5) is 15.1. The SMILES string of the molecule is O=C(O)N(N=Cc1ccncc1)c1ccc(I)cc1. The fourth-order valence-electron chi connectivity index (χ4n) is 1.38. The van der Waals surface area contributed by atoms with Crippen LogP contribution in [0.2, 0.25) is 0 Å². The van der Waals surface area contributed by atoms with E-state index in [0.29, 0.717) is 5.69 Å². The van der Waals surface area contributed by atoms with Crippen molar-refractivity contribution < 1.29 is 9.90 Å². The third-order valence-corrected chi connectivity index (χ3v) is 3.00. The average Bonchev–Trinajstić information content (AvgIpc) is 2.42. The highest BCUT2D eigenvalue weighted by Gasteiger charge is 2.12. The number of carboxylic acid groups (broad SMARTS) is 1. The van der Waals surface area contributed by atoms with E-state index < -0.39 is 6.09 Å². The second-order valence-corrected chi connectivity index (χ2v) is 4.84. The molecule has 1 aromatic heterocycles. The topological polar surface area (TPSA) is 65.8 Å². The van der Waals surface area contributed by atoms with E-state index in [4.69, 9.17) is 0 Å². The van der Waals surface area contributed by atoms with Gasteiger partial charge < -0.3 is 5.11 Å². The van der Waals surface area contributed by atoms with Gasteiger partial charge >= 0.3 is 6.09 Å². The first-order valence-electron chi connectivity index (χ1n) is 5.39. The van der Waals surface area contributed by atoms with Crippen LogP contribution in [-0.4, -0.2) is 22.4 Å². The molecule has 19 heavy (non-hydrogen) atoms. The first-order valence-corrected chi connectivity index (χ1v) is 6.47. The van der Waals surface area contributed by atoms with Crippen molar-refractivity contribution in [3.8, 4) is 0 Å². The van der Waals surface area contributed by atoms with Crippen LogP contribution in [0.1, 0.15) is 5.56 Å². The van der Waals surface area contributed by atoms with Crippen LogP contribution >= 0.6 is 22.6 Å². The number of amides is 1. The fraction of sp³-hybridized carbons (Fsp3) is 0. The Bertz CT molecular complexity index is 585. The Balaban J connectivity index is 2.24. The third kappa shape index (κ3) is 3.75. The number of carbonyl (C=O) groups is 1. The van der Waals surface area contributed by atoms with Crippen molar-refractivity contribution >= 4 is 40.6 Å². The number of hydrazone groups is 1. The minimum atomic E-state index is -1.13. The van der Waals surface area contributed by atoms with E-state index in [9.17, 15) is 9.90 Å². The molecule has 1 aromatic carbocycles. The van der Waals surface area contributed by atoms with Gasteiger partial charge in [0.2, 0.25) is 0 Å². The first kappa shape index (κ1) is 13.5. The van der Waals surface area contributed by atoms with Crippen LogP contribution in [0.3, 0.4) is 0 Å². The van der Waals surface area contributed by atoms with Gasteiger partial charge in [0.05, 0.1) is 11.9 Å². The van der Waals surface area contributed by atoms with Gasteiger partial charge in [-0.2, -0.15) is 10.1 Å². The van der Waals surface area contributed by atoms with Crippen LogP contribution in [-0.2, 0) is 0 Å². The molecular formula is C13H10IN3O2. The number of aromatic nitrogens is 1. The molecule has 0 radical (unpaired) electrons. The normalized spacial score (nSPS) is 10.6. The number of benzene rings is 1. The Kier molecular flexibility index (Phi) is 4.45. The van der Waals surface area contributed by atoms with Gasteiger partial charge in [-0.15, -0.1) is 0 Å². The summed E-state index contributed by atoms with van der Waals surface area (Å²) in [5.74, 6) is 0. The lowest BCUT2D eigenvalue weighted by Crippen LogP contribution is -2.23. The van der Waals surface area contributed by atoms with Gasteiger partial charge in [-0.25, -0.2) is 4.79 Å². The highest BCUT2D eigenvalue weighted by Crippen LogP contribution is 2.17. The van der Waals surface area contributed by atoms with Crippen LogP contribution in [0.4, 0.5) is 10.5 Å². The van der Waals surface area contributed by atoms with Crippen molar-refractivity contribution in [3.05, 3.63) is 57.9 Å². The standard InChI is InChI=1S/C13H10IN3O2/c14-11-1-3-12(4-2-11)17(13(18)19)16-9-10-5-7-15-8-6-10/h1-9H,(H,18,19). The minimum Gasteiger partial charge on any atom is -0.463 e. The van der Waals surface area contributed by atoms with Crippen LogP contribution in [0, 0.1) is 3.57 Å². The maximum Gasteiger partial charge on any atom is 0.432 e. The molecule has 0 aliphatic carbocycles. The minimum absolute atomic E-state index is 0.498. The summed E-state index contributed by atoms with van der Waals surface area (Å²) >= 11 is 2.16. The van der Waals surface area contributed by atoms with Gasteiger partial charge in [-0.3, -0.25) is 4.98 Å². The summed E-state index contributed by atoms with van der Waals surface area (Å²) in [5, 5.41) is 14.1. The maximum absolute atomic E-state index is 11.2. The Labute approximate surface area is 123 Å². The van der Waals surface area contributed by atoms with Crippen molar-refractivity contribution in [2.75, 3.05) is 5.01 Å². The van der Waals surface area contributed by atoms with E-state index in [-0.39, 0.29) is 0 Å². The molecule has 2 rings (SSSR count). The molecular weight excluding hydrogens is 357 g/mol. The van der Waals surface area contributed by atoms with Crippen LogP contribution in [0.5, 0.6) is 0 Å². The van der Waals surface area contributed by atoms with Crippen LogP contribution in [0.25, 0.3) is 0 Å². The van der Waals surface area contributed by atoms with Crippen LogP contribution in [0.15, 0.2) is 53.9 Å². The molecule has 6 heteroatoms. The molecule has 0 aliphatic heterocycles. The number of halogens is 1. The van der Waals surface area contributed by atoms with Gasteiger partial charge in [0.1, 0.15) is 0 Å². The zero-order valence-corrected chi connectivity index (χ0v) is 11.9. The molecule has 0 bridgehead atoms. The second-order valence-electron chi connectivity index (χ2n) is 3.60. The largest absolute Gasteiger partial charge is 0.463 e. The maximum atomic E-state index is 11.2. The van der Waals surface area contributed by atoms with Crippen molar-refractivity contribution in [2.45, 2.75) is 0 Å². The van der Waals surface area contributed by atoms with Gasteiger partial charge in [-0.05, 0) is 64.6 Å². The predicted octanol–water partition coefficient (Wildman–Crippen LogP) is 3.20. The van der Waals surface area contributed by atoms with E-state index in [2.05, 4.69) is 32.7 Å². The van der Waals surface area contributed by atoms with Crippen molar-refractivity contribution in [3.63, 3.8) is 0 Å². The molecule has 0 unspecified atom stereocenters. The fourth-order valence-corrected chi connectivity index (χ4v) is 1.74. The summed E-state index contributed by atoms with van der Waals surface area (Å²) in [7, 11) is 0. The number of pyridine rings is 1.